The van der Waals surface area contributed by atoms with Gasteiger partial charge in [0.05, 0.1) is 12.1 Å². The number of alkyl halides is 1. The summed E-state index contributed by atoms with van der Waals surface area (Å²) in [5.41, 5.74) is 2.16. The summed E-state index contributed by atoms with van der Waals surface area (Å²) in [4.78, 5) is 16.3. The summed E-state index contributed by atoms with van der Waals surface area (Å²) in [7, 11) is 0. The van der Waals surface area contributed by atoms with Crippen molar-refractivity contribution >= 4 is 28.0 Å². The molecule has 0 atom stereocenters. The lowest BCUT2D eigenvalue weighted by Crippen LogP contribution is -2.39. The van der Waals surface area contributed by atoms with Crippen molar-refractivity contribution in [3.8, 4) is 11.1 Å². The van der Waals surface area contributed by atoms with Gasteiger partial charge in [0.25, 0.3) is 0 Å². The van der Waals surface area contributed by atoms with Gasteiger partial charge in [0.2, 0.25) is 5.95 Å². The van der Waals surface area contributed by atoms with Crippen LogP contribution in [0.25, 0.3) is 33.2 Å². The maximum atomic E-state index is 14.8. The molecule has 4 aromatic rings. The average molecular weight is 410 g/mol. The van der Waals surface area contributed by atoms with E-state index < -0.39 is 5.67 Å². The number of hydrogen-bond donors (Lipinski definition) is 2. The number of fused-ring (bicyclic) bond motifs is 2. The molecule has 5 rings (SSSR count). The van der Waals surface area contributed by atoms with Crippen LogP contribution in [0.15, 0.2) is 24.5 Å². The Morgan fingerprint density at radius 1 is 1.27 bits per heavy atom. The highest BCUT2D eigenvalue weighted by molar-refractivity contribution is 5.96. The van der Waals surface area contributed by atoms with Gasteiger partial charge in [-0.05, 0) is 57.7 Å². The van der Waals surface area contributed by atoms with E-state index in [0.717, 1.165) is 34.3 Å². The first-order valence-electron chi connectivity index (χ1n) is 10.3. The van der Waals surface area contributed by atoms with Crippen LogP contribution in [-0.2, 0) is 0 Å². The number of anilines is 1. The molecule has 156 valence electrons. The predicted molar refractivity (Wildman–Crippen MR) is 114 cm³/mol. The van der Waals surface area contributed by atoms with E-state index in [-0.39, 0.29) is 18.4 Å². The van der Waals surface area contributed by atoms with Crippen LogP contribution in [0, 0.1) is 12.7 Å². The summed E-state index contributed by atoms with van der Waals surface area (Å²) in [5, 5.41) is 3.78. The zero-order valence-electron chi connectivity index (χ0n) is 17.3. The van der Waals surface area contributed by atoms with Crippen molar-refractivity contribution in [2.75, 3.05) is 11.9 Å². The number of aromatic amines is 1. The summed E-state index contributed by atoms with van der Waals surface area (Å²) in [6.45, 7) is 6.21. The Morgan fingerprint density at radius 3 is 2.77 bits per heavy atom. The van der Waals surface area contributed by atoms with Gasteiger partial charge in [-0.15, -0.1) is 0 Å². The first-order valence-corrected chi connectivity index (χ1v) is 10.3. The van der Waals surface area contributed by atoms with Crippen molar-refractivity contribution in [1.29, 1.82) is 0 Å². The van der Waals surface area contributed by atoms with Crippen LogP contribution < -0.4 is 5.32 Å². The number of halogens is 2. The third-order valence-corrected chi connectivity index (χ3v) is 6.00. The van der Waals surface area contributed by atoms with Gasteiger partial charge >= 0.3 is 0 Å². The number of aromatic nitrogens is 5. The Hall–Kier alpha value is -3.03. The van der Waals surface area contributed by atoms with E-state index in [9.17, 15) is 8.78 Å². The summed E-state index contributed by atoms with van der Waals surface area (Å²) >= 11 is 0. The first-order chi connectivity index (χ1) is 14.3. The quantitative estimate of drug-likeness (QED) is 0.468. The fourth-order valence-electron chi connectivity index (χ4n) is 4.28. The van der Waals surface area contributed by atoms with Gasteiger partial charge in [0.1, 0.15) is 22.7 Å². The van der Waals surface area contributed by atoms with Crippen molar-refractivity contribution in [2.24, 2.45) is 0 Å². The van der Waals surface area contributed by atoms with E-state index >= 15 is 0 Å². The van der Waals surface area contributed by atoms with Gasteiger partial charge in [0, 0.05) is 29.4 Å². The predicted octanol–water partition coefficient (Wildman–Crippen LogP) is 5.31. The molecule has 1 aliphatic rings. The normalized spacial score (nSPS) is 15.8. The molecule has 0 bridgehead atoms. The monoisotopic (exact) mass is 410 g/mol. The number of imidazole rings is 1. The molecule has 6 nitrogen and oxygen atoms in total. The minimum absolute atomic E-state index is 0.166. The summed E-state index contributed by atoms with van der Waals surface area (Å²) < 4.78 is 31.1. The van der Waals surface area contributed by atoms with Crippen LogP contribution in [0.3, 0.4) is 0 Å². The lowest BCUT2D eigenvalue weighted by atomic mass is 9.82. The maximum absolute atomic E-state index is 14.8. The standard InChI is InChI=1S/C22H24F2N6/c1-12(2)30-13(3)28-19-17(23)7-14(8-18(19)30)15-9-25-20-16(15)10-26-21(29-20)27-11-22(24)5-4-6-22/h7-10,12H,4-6,11H2,1-3H3,(H2,25,26,27,29). The highest BCUT2D eigenvalue weighted by Crippen LogP contribution is 2.36. The first kappa shape index (κ1) is 19.0. The van der Waals surface area contributed by atoms with Gasteiger partial charge in [-0.3, -0.25) is 0 Å². The second-order valence-corrected chi connectivity index (χ2v) is 8.46. The SMILES string of the molecule is Cc1nc2c(F)cc(-c3c[nH]c4nc(NCC5(F)CCC5)ncc34)cc2n1C(C)C. The molecule has 0 radical (unpaired) electrons. The molecule has 1 aromatic carbocycles. The molecule has 0 aliphatic heterocycles. The number of nitrogens with zero attached hydrogens (tertiary/aromatic N) is 4. The molecule has 0 saturated heterocycles. The van der Waals surface area contributed by atoms with Gasteiger partial charge in [-0.1, -0.05) is 0 Å². The number of hydrogen-bond acceptors (Lipinski definition) is 4. The second kappa shape index (κ2) is 6.75. The van der Waals surface area contributed by atoms with Crippen LogP contribution in [0.5, 0.6) is 0 Å². The van der Waals surface area contributed by atoms with Crippen LogP contribution in [0.4, 0.5) is 14.7 Å². The number of nitrogens with one attached hydrogen (secondary N) is 2. The topological polar surface area (TPSA) is 71.4 Å². The van der Waals surface area contributed by atoms with Gasteiger partial charge in [0.15, 0.2) is 5.82 Å². The number of aryl methyl sites for hydroxylation is 1. The Bertz CT molecular complexity index is 1250. The third-order valence-electron chi connectivity index (χ3n) is 6.00. The Balaban J connectivity index is 1.53. The second-order valence-electron chi connectivity index (χ2n) is 8.46. The summed E-state index contributed by atoms with van der Waals surface area (Å²) in [5.74, 6) is 0.813. The van der Waals surface area contributed by atoms with E-state index in [1.807, 2.05) is 17.6 Å². The summed E-state index contributed by atoms with van der Waals surface area (Å²) in [6.07, 6.45) is 5.57. The minimum atomic E-state index is -1.15. The van der Waals surface area contributed by atoms with Crippen molar-refractivity contribution < 1.29 is 8.78 Å². The van der Waals surface area contributed by atoms with Crippen molar-refractivity contribution in [3.63, 3.8) is 0 Å². The van der Waals surface area contributed by atoms with Gasteiger partial charge < -0.3 is 14.9 Å². The van der Waals surface area contributed by atoms with E-state index in [1.54, 1.807) is 12.4 Å². The Morgan fingerprint density at radius 2 is 2.07 bits per heavy atom. The lowest BCUT2D eigenvalue weighted by molar-refractivity contribution is 0.0782. The highest BCUT2D eigenvalue weighted by atomic mass is 19.1. The van der Waals surface area contributed by atoms with Gasteiger partial charge in [-0.2, -0.15) is 4.98 Å². The van der Waals surface area contributed by atoms with Crippen LogP contribution in [0.1, 0.15) is 45.0 Å². The molecule has 1 saturated carbocycles. The van der Waals surface area contributed by atoms with Crippen LogP contribution in [-0.4, -0.2) is 36.7 Å². The van der Waals surface area contributed by atoms with E-state index in [0.29, 0.717) is 30.0 Å². The fraction of sp³-hybridized carbons (Fsp3) is 0.409. The van der Waals surface area contributed by atoms with E-state index in [1.165, 1.54) is 6.07 Å². The molecule has 2 N–H and O–H groups in total. The molecule has 0 amide bonds. The minimum Gasteiger partial charge on any atom is -0.351 e. The van der Waals surface area contributed by atoms with Crippen LogP contribution >= 0.6 is 0 Å². The average Bonchev–Trinajstić information content (AvgIpc) is 3.25. The largest absolute Gasteiger partial charge is 0.351 e. The summed E-state index contributed by atoms with van der Waals surface area (Å²) in [6, 6.07) is 3.62. The molecule has 1 aliphatic carbocycles. The Labute approximate surface area is 172 Å². The van der Waals surface area contributed by atoms with Gasteiger partial charge in [-0.25, -0.2) is 18.7 Å². The third kappa shape index (κ3) is 3.02. The highest BCUT2D eigenvalue weighted by Gasteiger charge is 2.36. The molecule has 3 heterocycles. The van der Waals surface area contributed by atoms with Crippen molar-refractivity contribution in [1.82, 2.24) is 24.5 Å². The molecular formula is C22H24F2N6. The zero-order chi connectivity index (χ0) is 21.0. The molecule has 30 heavy (non-hydrogen) atoms. The lowest BCUT2D eigenvalue weighted by Gasteiger charge is -2.33. The molecule has 0 unspecified atom stereocenters. The molecule has 1 fully saturated rings. The smallest absolute Gasteiger partial charge is 0.224 e. The van der Waals surface area contributed by atoms with Crippen molar-refractivity contribution in [3.05, 3.63) is 36.2 Å². The van der Waals surface area contributed by atoms with E-state index in [4.69, 9.17) is 0 Å². The molecular weight excluding hydrogens is 386 g/mol. The maximum Gasteiger partial charge on any atom is 0.224 e. The molecule has 8 heteroatoms. The number of benzene rings is 1. The molecule has 3 aromatic heterocycles. The Kier molecular flexibility index (Phi) is 4.27. The van der Waals surface area contributed by atoms with Crippen molar-refractivity contribution in [2.45, 2.75) is 51.7 Å². The van der Waals surface area contributed by atoms with Crippen LogP contribution in [0.2, 0.25) is 0 Å². The number of rotatable bonds is 5. The van der Waals surface area contributed by atoms with E-state index in [2.05, 4.69) is 39.1 Å². The fourth-order valence-corrected chi connectivity index (χ4v) is 4.28. The zero-order valence-corrected chi connectivity index (χ0v) is 17.3. The number of H-pyrrole nitrogens is 1. The molecule has 0 spiro atoms.